The van der Waals surface area contributed by atoms with Gasteiger partial charge in [-0.15, -0.1) is 0 Å². The average molecular weight is 943 g/mol. The molecule has 0 N–H and O–H groups in total. The maximum atomic E-state index is 12.8. The Kier molecular flexibility index (Phi) is 52.4. The second-order valence-corrected chi connectivity index (χ2v) is 18.1. The molecule has 1 atom stereocenters. The van der Waals surface area contributed by atoms with E-state index in [0.717, 1.165) is 116 Å². The highest BCUT2D eigenvalue weighted by Crippen LogP contribution is 2.14. The Labute approximate surface area is 419 Å². The van der Waals surface area contributed by atoms with Gasteiger partial charge in [0.15, 0.2) is 6.10 Å². The van der Waals surface area contributed by atoms with E-state index in [4.69, 9.17) is 14.2 Å². The number of hydrogen-bond acceptors (Lipinski definition) is 6. The third-order valence-electron chi connectivity index (χ3n) is 11.5. The number of hydrogen-bond donors (Lipinski definition) is 0. The van der Waals surface area contributed by atoms with Crippen molar-refractivity contribution in [3.63, 3.8) is 0 Å². The summed E-state index contributed by atoms with van der Waals surface area (Å²) in [7, 11) is 0. The van der Waals surface area contributed by atoms with Crippen molar-refractivity contribution >= 4 is 17.9 Å². The lowest BCUT2D eigenvalue weighted by Crippen LogP contribution is -2.30. The molecule has 6 nitrogen and oxygen atoms in total. The van der Waals surface area contributed by atoms with Gasteiger partial charge < -0.3 is 14.2 Å². The molecule has 0 spiro atoms. The standard InChI is InChI=1S/C62H102O6/c1-4-7-10-13-16-19-22-25-28-30-31-33-34-37-40-43-46-49-52-55-61(64)67-58-59(57-66-60(63)54-51-48-45-42-39-36-27-24-21-18-15-12-9-6-3)68-62(65)56-53-50-47-44-41-38-35-32-29-26-23-20-17-14-11-8-5-2/h7-8,10-11,16-17,19-20,25-26,28-29,35-36,38-39,44,47,59H,4-6,9,12-15,18,21-24,27,30-34,37,40-43,45-46,48-58H2,1-3H3/b10-7-,11-8-,19-16-,20-17-,28-25-,29-26-,38-35-,39-36-,47-44-. The SMILES string of the molecule is CC/C=C\C/C=C\C/C=C\C/C=C\C/C=C\CCCC(=O)OC(COC(=O)CCCCC/C=C\CCCCCCCCC)COC(=O)CCCCCCCCCCC/C=C\C/C=C\C/C=C\CC. The fourth-order valence-corrected chi connectivity index (χ4v) is 7.37. The topological polar surface area (TPSA) is 78.9 Å². The van der Waals surface area contributed by atoms with Gasteiger partial charge in [-0.25, -0.2) is 0 Å². The summed E-state index contributed by atoms with van der Waals surface area (Å²) in [5.74, 6) is -0.991. The molecule has 0 heterocycles. The van der Waals surface area contributed by atoms with E-state index in [-0.39, 0.29) is 37.5 Å². The van der Waals surface area contributed by atoms with Crippen LogP contribution in [0.25, 0.3) is 0 Å². The van der Waals surface area contributed by atoms with E-state index < -0.39 is 6.10 Å². The molecule has 0 radical (unpaired) electrons. The molecule has 0 saturated heterocycles. The highest BCUT2D eigenvalue weighted by atomic mass is 16.6. The summed E-state index contributed by atoms with van der Waals surface area (Å²) in [4.78, 5) is 38.1. The van der Waals surface area contributed by atoms with Crippen molar-refractivity contribution in [3.05, 3.63) is 109 Å². The molecule has 68 heavy (non-hydrogen) atoms. The van der Waals surface area contributed by atoms with Gasteiger partial charge in [-0.05, 0) is 116 Å². The van der Waals surface area contributed by atoms with Gasteiger partial charge in [0.05, 0.1) is 0 Å². The minimum Gasteiger partial charge on any atom is -0.462 e. The zero-order chi connectivity index (χ0) is 49.3. The summed E-state index contributed by atoms with van der Waals surface area (Å²) in [5, 5.41) is 0. The van der Waals surface area contributed by atoms with Gasteiger partial charge in [0, 0.05) is 19.3 Å². The lowest BCUT2D eigenvalue weighted by molar-refractivity contribution is -0.167. The molecule has 0 aromatic heterocycles. The van der Waals surface area contributed by atoms with Gasteiger partial charge >= 0.3 is 17.9 Å². The van der Waals surface area contributed by atoms with Gasteiger partial charge in [0.2, 0.25) is 0 Å². The van der Waals surface area contributed by atoms with Crippen LogP contribution in [0.3, 0.4) is 0 Å². The quantitative estimate of drug-likeness (QED) is 0.0262. The van der Waals surface area contributed by atoms with Crippen LogP contribution in [-0.2, 0) is 28.6 Å². The maximum Gasteiger partial charge on any atom is 0.306 e. The van der Waals surface area contributed by atoms with Crippen molar-refractivity contribution in [2.45, 2.75) is 252 Å². The van der Waals surface area contributed by atoms with Crippen molar-refractivity contribution in [1.29, 1.82) is 0 Å². The predicted octanol–water partition coefficient (Wildman–Crippen LogP) is 18.7. The highest BCUT2D eigenvalue weighted by Gasteiger charge is 2.19. The fraction of sp³-hybridized carbons (Fsp3) is 0.661. The number of ether oxygens (including phenoxy) is 3. The first-order chi connectivity index (χ1) is 33.5. The molecule has 6 heteroatoms. The first-order valence-electron chi connectivity index (χ1n) is 27.9. The van der Waals surface area contributed by atoms with Crippen LogP contribution < -0.4 is 0 Å². The molecule has 1 unspecified atom stereocenters. The molecule has 0 amide bonds. The Morgan fingerprint density at radius 1 is 0.309 bits per heavy atom. The monoisotopic (exact) mass is 943 g/mol. The van der Waals surface area contributed by atoms with E-state index in [1.54, 1.807) is 0 Å². The average Bonchev–Trinajstić information content (AvgIpc) is 3.34. The second kappa shape index (κ2) is 55.7. The van der Waals surface area contributed by atoms with Crippen LogP contribution in [0.15, 0.2) is 109 Å². The number of carbonyl (C=O) groups is 3. The zero-order valence-electron chi connectivity index (χ0n) is 44.1. The van der Waals surface area contributed by atoms with E-state index in [0.29, 0.717) is 19.3 Å². The Balaban J connectivity index is 4.49. The summed E-state index contributed by atoms with van der Waals surface area (Å²) in [6.07, 6.45) is 75.1. The van der Waals surface area contributed by atoms with E-state index >= 15 is 0 Å². The van der Waals surface area contributed by atoms with Crippen molar-refractivity contribution in [2.24, 2.45) is 0 Å². The predicted molar refractivity (Wildman–Crippen MR) is 293 cm³/mol. The lowest BCUT2D eigenvalue weighted by atomic mass is 10.1. The number of allylic oxidation sites excluding steroid dienone is 18. The molecule has 0 aliphatic carbocycles. The summed E-state index contributed by atoms with van der Waals surface area (Å²) in [5.41, 5.74) is 0. The summed E-state index contributed by atoms with van der Waals surface area (Å²) in [6.45, 7) is 6.35. The first kappa shape index (κ1) is 64.1. The van der Waals surface area contributed by atoms with Crippen molar-refractivity contribution in [2.75, 3.05) is 13.2 Å². The number of rotatable bonds is 49. The third kappa shape index (κ3) is 53.0. The van der Waals surface area contributed by atoms with Crippen molar-refractivity contribution < 1.29 is 28.6 Å². The van der Waals surface area contributed by atoms with Gasteiger partial charge in [0.1, 0.15) is 13.2 Å². The van der Waals surface area contributed by atoms with Gasteiger partial charge in [0.25, 0.3) is 0 Å². The Bertz CT molecular complexity index is 1410. The van der Waals surface area contributed by atoms with Gasteiger partial charge in [-0.2, -0.15) is 0 Å². The molecule has 0 rings (SSSR count). The molecule has 0 aromatic rings. The molecule has 0 bridgehead atoms. The van der Waals surface area contributed by atoms with Crippen LogP contribution in [0.1, 0.15) is 245 Å². The van der Waals surface area contributed by atoms with Crippen molar-refractivity contribution in [3.8, 4) is 0 Å². The van der Waals surface area contributed by atoms with Gasteiger partial charge in [-0.3, -0.25) is 14.4 Å². The van der Waals surface area contributed by atoms with E-state index in [1.165, 1.54) is 83.5 Å². The third-order valence-corrected chi connectivity index (χ3v) is 11.5. The molecule has 0 aliphatic heterocycles. The molecule has 386 valence electrons. The van der Waals surface area contributed by atoms with Crippen LogP contribution in [0.2, 0.25) is 0 Å². The molecule has 0 aromatic carbocycles. The summed E-state index contributed by atoms with van der Waals surface area (Å²) < 4.78 is 16.8. The summed E-state index contributed by atoms with van der Waals surface area (Å²) >= 11 is 0. The Morgan fingerprint density at radius 3 is 0.971 bits per heavy atom. The zero-order valence-corrected chi connectivity index (χ0v) is 44.1. The fourth-order valence-electron chi connectivity index (χ4n) is 7.37. The number of esters is 3. The Hall–Kier alpha value is -3.93. The minimum absolute atomic E-state index is 0.110. The van der Waals surface area contributed by atoms with Crippen LogP contribution >= 0.6 is 0 Å². The van der Waals surface area contributed by atoms with Crippen LogP contribution in [0.5, 0.6) is 0 Å². The normalized spacial score (nSPS) is 12.9. The molecule has 0 aliphatic rings. The largest absolute Gasteiger partial charge is 0.462 e. The Morgan fingerprint density at radius 2 is 0.588 bits per heavy atom. The summed E-state index contributed by atoms with van der Waals surface area (Å²) in [6, 6.07) is 0. The minimum atomic E-state index is -0.818. The smallest absolute Gasteiger partial charge is 0.306 e. The van der Waals surface area contributed by atoms with Crippen LogP contribution in [0, 0.1) is 0 Å². The van der Waals surface area contributed by atoms with E-state index in [2.05, 4.69) is 130 Å². The molecule has 0 fully saturated rings. The van der Waals surface area contributed by atoms with Crippen molar-refractivity contribution in [1.82, 2.24) is 0 Å². The first-order valence-corrected chi connectivity index (χ1v) is 27.9. The highest BCUT2D eigenvalue weighted by molar-refractivity contribution is 5.71. The molecule has 0 saturated carbocycles. The van der Waals surface area contributed by atoms with Gasteiger partial charge in [-0.1, -0.05) is 220 Å². The molecular weight excluding hydrogens is 841 g/mol. The van der Waals surface area contributed by atoms with Crippen LogP contribution in [-0.4, -0.2) is 37.2 Å². The van der Waals surface area contributed by atoms with E-state index in [9.17, 15) is 14.4 Å². The maximum absolute atomic E-state index is 12.8. The van der Waals surface area contributed by atoms with E-state index in [1.807, 2.05) is 0 Å². The number of carbonyl (C=O) groups excluding carboxylic acids is 3. The number of unbranched alkanes of at least 4 members (excludes halogenated alkanes) is 20. The molecular formula is C62H102O6. The second-order valence-electron chi connectivity index (χ2n) is 18.1. The lowest BCUT2D eigenvalue weighted by Gasteiger charge is -2.18. The van der Waals surface area contributed by atoms with Crippen LogP contribution in [0.4, 0.5) is 0 Å².